The van der Waals surface area contributed by atoms with E-state index in [2.05, 4.69) is 5.73 Å². The number of aliphatic carboxylic acids is 1. The molecule has 1 atom stereocenters. The highest BCUT2D eigenvalue weighted by Crippen LogP contribution is 1.97. The maximum absolute atomic E-state index is 11.5. The zero-order chi connectivity index (χ0) is 15.2. The number of hydrogen-bond acceptors (Lipinski definition) is 6. The molecule has 0 spiro atoms. The van der Waals surface area contributed by atoms with E-state index in [1.54, 1.807) is 0 Å². The molecule has 0 fully saturated rings. The molecule has 0 bridgehead atoms. The molecule has 10 nitrogen and oxygen atoms in total. The van der Waals surface area contributed by atoms with E-state index >= 15 is 0 Å². The van der Waals surface area contributed by atoms with Crippen molar-refractivity contribution < 1.29 is 32.7 Å². The second-order valence-electron chi connectivity index (χ2n) is 3.56. The van der Waals surface area contributed by atoms with Crippen molar-refractivity contribution in [2.75, 3.05) is 11.5 Å². The number of primary amides is 1. The molecule has 0 saturated heterocycles. The van der Waals surface area contributed by atoms with Gasteiger partial charge in [-0.05, 0) is 0 Å². The highest BCUT2D eigenvalue weighted by atomic mass is 32.2. The molecular formula is C8H13N3O7S. The molecule has 0 aromatic rings. The second-order valence-corrected chi connectivity index (χ2v) is 5.67. The fourth-order valence-electron chi connectivity index (χ4n) is 1.11. The SMILES string of the molecule is CC(=O)NC(CS(=O)(=O)CC(=O)NC(N)=O)C(=O)O. The van der Waals surface area contributed by atoms with Gasteiger partial charge < -0.3 is 16.2 Å². The van der Waals surface area contributed by atoms with Crippen molar-refractivity contribution in [2.45, 2.75) is 13.0 Å². The molecular weight excluding hydrogens is 282 g/mol. The molecule has 0 aliphatic rings. The third-order valence-electron chi connectivity index (χ3n) is 1.71. The summed E-state index contributed by atoms with van der Waals surface area (Å²) in [5.74, 6) is -5.56. The lowest BCUT2D eigenvalue weighted by molar-refractivity contribution is -0.140. The zero-order valence-electron chi connectivity index (χ0n) is 9.87. The minimum Gasteiger partial charge on any atom is -0.480 e. The first kappa shape index (κ1) is 16.8. The molecule has 19 heavy (non-hydrogen) atoms. The first-order valence-electron chi connectivity index (χ1n) is 4.83. The Labute approximate surface area is 108 Å². The molecule has 0 rings (SSSR count). The summed E-state index contributed by atoms with van der Waals surface area (Å²) in [5.41, 5.74) is 4.61. The van der Waals surface area contributed by atoms with Crippen LogP contribution in [0.25, 0.3) is 0 Å². The van der Waals surface area contributed by atoms with Crippen LogP contribution in [0.3, 0.4) is 0 Å². The van der Waals surface area contributed by atoms with E-state index in [1.165, 1.54) is 5.32 Å². The van der Waals surface area contributed by atoms with Crippen LogP contribution in [0.15, 0.2) is 0 Å². The van der Waals surface area contributed by atoms with E-state index in [0.29, 0.717) is 0 Å². The number of urea groups is 1. The Morgan fingerprint density at radius 1 is 1.26 bits per heavy atom. The first-order chi connectivity index (χ1) is 8.53. The van der Waals surface area contributed by atoms with Crippen LogP contribution in [-0.2, 0) is 24.2 Å². The Hall–Kier alpha value is -2.17. The normalized spacial score (nSPS) is 12.3. The average molecular weight is 295 g/mol. The van der Waals surface area contributed by atoms with Crippen LogP contribution >= 0.6 is 0 Å². The monoisotopic (exact) mass is 295 g/mol. The highest BCUT2D eigenvalue weighted by Gasteiger charge is 2.28. The van der Waals surface area contributed by atoms with Crippen LogP contribution in [0.1, 0.15) is 6.92 Å². The molecule has 4 amide bonds. The summed E-state index contributed by atoms with van der Waals surface area (Å²) in [6.07, 6.45) is 0. The number of carboxylic acid groups (broad SMARTS) is 1. The maximum atomic E-state index is 11.5. The van der Waals surface area contributed by atoms with E-state index in [1.807, 2.05) is 5.32 Å². The lowest BCUT2D eigenvalue weighted by Crippen LogP contribution is -2.46. The Balaban J connectivity index is 4.73. The minimum atomic E-state index is -4.13. The van der Waals surface area contributed by atoms with E-state index in [-0.39, 0.29) is 0 Å². The first-order valence-corrected chi connectivity index (χ1v) is 6.65. The topological polar surface area (TPSA) is 173 Å². The fraction of sp³-hybridized carbons (Fsp3) is 0.500. The molecule has 0 aromatic carbocycles. The quantitative estimate of drug-likeness (QED) is 0.409. The summed E-state index contributed by atoms with van der Waals surface area (Å²) in [6.45, 7) is 1.02. The third kappa shape index (κ3) is 7.70. The number of nitrogens with one attached hydrogen (secondary N) is 2. The molecule has 108 valence electrons. The zero-order valence-corrected chi connectivity index (χ0v) is 10.7. The van der Waals surface area contributed by atoms with Crippen molar-refractivity contribution in [3.8, 4) is 0 Å². The van der Waals surface area contributed by atoms with Gasteiger partial charge in [0.25, 0.3) is 0 Å². The van der Waals surface area contributed by atoms with Gasteiger partial charge in [-0.2, -0.15) is 0 Å². The van der Waals surface area contributed by atoms with Gasteiger partial charge in [0.2, 0.25) is 11.8 Å². The minimum absolute atomic E-state index is 0.732. The number of hydrogen-bond donors (Lipinski definition) is 4. The van der Waals surface area contributed by atoms with Crippen molar-refractivity contribution >= 4 is 33.7 Å². The molecule has 0 saturated carbocycles. The summed E-state index contributed by atoms with van der Waals surface area (Å²) in [7, 11) is -4.13. The largest absolute Gasteiger partial charge is 0.480 e. The van der Waals surface area contributed by atoms with Gasteiger partial charge in [0.15, 0.2) is 9.84 Å². The molecule has 0 aliphatic heterocycles. The number of carboxylic acids is 1. The Bertz CT molecular complexity index is 498. The molecule has 0 aromatic heterocycles. The number of nitrogens with two attached hydrogens (primary N) is 1. The standard InChI is InChI=1S/C8H13N3O7S/c1-4(12)10-5(7(14)15)2-19(17,18)3-6(13)11-8(9)16/h5H,2-3H2,1H3,(H,10,12)(H,14,15)(H3,9,11,13,16). The van der Waals surface area contributed by atoms with Gasteiger partial charge >= 0.3 is 12.0 Å². The van der Waals surface area contributed by atoms with Crippen LogP contribution in [0.2, 0.25) is 0 Å². The van der Waals surface area contributed by atoms with E-state index in [4.69, 9.17) is 5.11 Å². The molecule has 0 heterocycles. The average Bonchev–Trinajstić information content (AvgIpc) is 2.11. The number of carbonyl (C=O) groups excluding carboxylic acids is 3. The smallest absolute Gasteiger partial charge is 0.327 e. The lowest BCUT2D eigenvalue weighted by Gasteiger charge is -2.13. The summed E-state index contributed by atoms with van der Waals surface area (Å²) in [4.78, 5) is 42.8. The Morgan fingerprint density at radius 3 is 2.16 bits per heavy atom. The van der Waals surface area contributed by atoms with Gasteiger partial charge in [0.1, 0.15) is 11.8 Å². The predicted octanol–water partition coefficient (Wildman–Crippen LogP) is -2.81. The van der Waals surface area contributed by atoms with E-state index in [9.17, 15) is 27.6 Å². The number of imide groups is 1. The maximum Gasteiger partial charge on any atom is 0.327 e. The van der Waals surface area contributed by atoms with Gasteiger partial charge in [-0.25, -0.2) is 18.0 Å². The van der Waals surface area contributed by atoms with Crippen molar-refractivity contribution in [1.82, 2.24) is 10.6 Å². The van der Waals surface area contributed by atoms with Gasteiger partial charge in [-0.1, -0.05) is 0 Å². The molecule has 0 aliphatic carbocycles. The van der Waals surface area contributed by atoms with E-state index < -0.39 is 51.2 Å². The summed E-state index contributed by atoms with van der Waals surface area (Å²) in [6, 6.07) is -2.90. The number of amides is 4. The molecule has 0 radical (unpaired) electrons. The van der Waals surface area contributed by atoms with Crippen LogP contribution in [-0.4, -0.2) is 54.9 Å². The van der Waals surface area contributed by atoms with Gasteiger partial charge in [-0.3, -0.25) is 14.9 Å². The molecule has 5 N–H and O–H groups in total. The van der Waals surface area contributed by atoms with Crippen LogP contribution < -0.4 is 16.4 Å². The second kappa shape index (κ2) is 6.68. The van der Waals surface area contributed by atoms with Gasteiger partial charge in [-0.15, -0.1) is 0 Å². The van der Waals surface area contributed by atoms with Crippen molar-refractivity contribution in [2.24, 2.45) is 5.73 Å². The molecule has 1 unspecified atom stereocenters. The lowest BCUT2D eigenvalue weighted by atomic mass is 10.3. The Morgan fingerprint density at radius 2 is 1.79 bits per heavy atom. The number of sulfone groups is 1. The van der Waals surface area contributed by atoms with Crippen molar-refractivity contribution in [3.63, 3.8) is 0 Å². The summed E-state index contributed by atoms with van der Waals surface area (Å²) in [5, 5.41) is 12.1. The van der Waals surface area contributed by atoms with Crippen molar-refractivity contribution in [1.29, 1.82) is 0 Å². The van der Waals surface area contributed by atoms with E-state index in [0.717, 1.165) is 6.92 Å². The Kier molecular flexibility index (Phi) is 5.92. The number of carbonyl (C=O) groups is 4. The van der Waals surface area contributed by atoms with Crippen LogP contribution in [0.5, 0.6) is 0 Å². The third-order valence-corrected chi connectivity index (χ3v) is 3.25. The van der Waals surface area contributed by atoms with Crippen LogP contribution in [0, 0.1) is 0 Å². The number of rotatable bonds is 6. The summed E-state index contributed by atoms with van der Waals surface area (Å²) >= 11 is 0. The van der Waals surface area contributed by atoms with Gasteiger partial charge in [0, 0.05) is 6.92 Å². The predicted molar refractivity (Wildman–Crippen MR) is 61.6 cm³/mol. The van der Waals surface area contributed by atoms with Crippen LogP contribution in [0.4, 0.5) is 4.79 Å². The fourth-order valence-corrected chi connectivity index (χ4v) is 2.43. The van der Waals surface area contributed by atoms with Crippen molar-refractivity contribution in [3.05, 3.63) is 0 Å². The highest BCUT2D eigenvalue weighted by molar-refractivity contribution is 7.92. The molecule has 11 heteroatoms. The summed E-state index contributed by atoms with van der Waals surface area (Å²) < 4.78 is 23.0. The van der Waals surface area contributed by atoms with Gasteiger partial charge in [0.05, 0.1) is 5.75 Å².